The third kappa shape index (κ3) is 9.16. The summed E-state index contributed by atoms with van der Waals surface area (Å²) >= 11 is 3.32. The molecule has 0 radical (unpaired) electrons. The van der Waals surface area contributed by atoms with Crippen LogP contribution in [0.5, 0.6) is 0 Å². The van der Waals surface area contributed by atoms with Gasteiger partial charge >= 0.3 is 5.97 Å². The van der Waals surface area contributed by atoms with Crippen LogP contribution in [-0.2, 0) is 9.53 Å². The fraction of sp³-hybridized carbons (Fsp3) is 0.643. The maximum absolute atomic E-state index is 11.9. The molecule has 0 saturated carbocycles. The van der Waals surface area contributed by atoms with E-state index < -0.39 is 5.60 Å². The zero-order valence-electron chi connectivity index (χ0n) is 11.5. The summed E-state index contributed by atoms with van der Waals surface area (Å²) in [6, 6.07) is 0. The van der Waals surface area contributed by atoms with E-state index in [0.29, 0.717) is 5.33 Å². The number of halogens is 1. The molecule has 0 aliphatic carbocycles. The minimum absolute atomic E-state index is 0.209. The molecule has 0 saturated heterocycles. The third-order valence-electron chi connectivity index (χ3n) is 1.95. The van der Waals surface area contributed by atoms with Gasteiger partial charge in [0.2, 0.25) is 0 Å². The minimum Gasteiger partial charge on any atom is -0.457 e. The summed E-state index contributed by atoms with van der Waals surface area (Å²) in [5, 5.41) is 0.677. The molecule has 98 valence electrons. The molecule has 0 fully saturated rings. The molecule has 0 aromatic rings. The summed E-state index contributed by atoms with van der Waals surface area (Å²) in [5.41, 5.74) is 1.58. The monoisotopic (exact) mass is 302 g/mol. The van der Waals surface area contributed by atoms with Crippen molar-refractivity contribution in [3.63, 3.8) is 0 Å². The van der Waals surface area contributed by atoms with Gasteiger partial charge in [0.1, 0.15) is 5.60 Å². The van der Waals surface area contributed by atoms with E-state index >= 15 is 0 Å². The molecule has 0 aromatic carbocycles. The Morgan fingerprint density at radius 2 is 1.82 bits per heavy atom. The average Bonchev–Trinajstić information content (AvgIpc) is 2.13. The van der Waals surface area contributed by atoms with E-state index in [2.05, 4.69) is 35.9 Å². The molecule has 2 nitrogen and oxygen atoms in total. The average molecular weight is 303 g/mol. The lowest BCUT2D eigenvalue weighted by Gasteiger charge is -2.20. The Morgan fingerprint density at radius 3 is 2.24 bits per heavy atom. The van der Waals surface area contributed by atoms with E-state index in [9.17, 15) is 4.79 Å². The lowest BCUT2D eigenvalue weighted by Crippen LogP contribution is -2.25. The van der Waals surface area contributed by atoms with Crippen molar-refractivity contribution in [1.82, 2.24) is 0 Å². The van der Waals surface area contributed by atoms with Crippen LogP contribution in [0.1, 0.15) is 47.5 Å². The highest BCUT2D eigenvalue weighted by molar-refractivity contribution is 9.09. The number of allylic oxidation sites excluding steroid dienone is 3. The highest BCUT2D eigenvalue weighted by Gasteiger charge is 2.18. The fourth-order valence-corrected chi connectivity index (χ4v) is 1.63. The number of carbonyl (C=O) groups excluding carboxylic acids is 1. The predicted octanol–water partition coefficient (Wildman–Crippen LogP) is 4.40. The van der Waals surface area contributed by atoms with Crippen LogP contribution in [-0.4, -0.2) is 16.9 Å². The van der Waals surface area contributed by atoms with Gasteiger partial charge in [-0.3, -0.25) is 0 Å². The van der Waals surface area contributed by atoms with E-state index in [0.717, 1.165) is 18.4 Å². The van der Waals surface area contributed by atoms with Crippen LogP contribution in [0, 0.1) is 0 Å². The molecule has 0 unspecified atom stereocenters. The highest BCUT2D eigenvalue weighted by Crippen LogP contribution is 2.15. The predicted molar refractivity (Wildman–Crippen MR) is 76.4 cm³/mol. The number of hydrogen-bond donors (Lipinski definition) is 0. The van der Waals surface area contributed by atoms with Crippen molar-refractivity contribution in [2.45, 2.75) is 53.1 Å². The van der Waals surface area contributed by atoms with Crippen molar-refractivity contribution < 1.29 is 9.53 Å². The van der Waals surface area contributed by atoms with Crippen molar-refractivity contribution in [3.8, 4) is 0 Å². The lowest BCUT2D eigenvalue weighted by molar-refractivity contribution is -0.150. The molecule has 0 rings (SSSR count). The molecule has 0 aromatic heterocycles. The number of alkyl halides is 1. The molecule has 17 heavy (non-hydrogen) atoms. The van der Waals surface area contributed by atoms with E-state index in [1.54, 1.807) is 0 Å². The molecule has 0 amide bonds. The van der Waals surface area contributed by atoms with Gasteiger partial charge in [0.25, 0.3) is 0 Å². The van der Waals surface area contributed by atoms with Crippen molar-refractivity contribution in [2.24, 2.45) is 0 Å². The first-order valence-corrected chi connectivity index (χ1v) is 7.00. The number of rotatable bonds is 5. The topological polar surface area (TPSA) is 26.3 Å². The second-order valence-corrected chi connectivity index (χ2v) is 5.85. The first kappa shape index (κ1) is 16.4. The normalized spacial score (nSPS) is 12.2. The summed E-state index contributed by atoms with van der Waals surface area (Å²) in [7, 11) is 0. The van der Waals surface area contributed by atoms with Gasteiger partial charge in [-0.05, 0) is 47.5 Å². The molecule has 0 N–H and O–H groups in total. The standard InChI is InChI=1S/C14H23BrO2/c1-11(2)7-6-8-12(9-10-15)13(16)17-14(3,4)5/h7,9H,6,8,10H2,1-5H3/b12-9+. The van der Waals surface area contributed by atoms with E-state index in [4.69, 9.17) is 4.74 Å². The molecule has 0 spiro atoms. The number of esters is 1. The molecule has 0 bridgehead atoms. The van der Waals surface area contributed by atoms with Crippen molar-refractivity contribution in [1.29, 1.82) is 0 Å². The van der Waals surface area contributed by atoms with Gasteiger partial charge in [-0.15, -0.1) is 0 Å². The van der Waals surface area contributed by atoms with Crippen LogP contribution in [0.3, 0.4) is 0 Å². The van der Waals surface area contributed by atoms with Gasteiger partial charge in [0.05, 0.1) is 0 Å². The summed E-state index contributed by atoms with van der Waals surface area (Å²) in [5.74, 6) is -0.209. The van der Waals surface area contributed by atoms with Crippen LogP contribution >= 0.6 is 15.9 Å². The van der Waals surface area contributed by atoms with E-state index in [-0.39, 0.29) is 5.97 Å². The molecule has 0 atom stereocenters. The van der Waals surface area contributed by atoms with Crippen molar-refractivity contribution in [2.75, 3.05) is 5.33 Å². The second kappa shape index (κ2) is 7.70. The molecular formula is C14H23BrO2. The number of hydrogen-bond acceptors (Lipinski definition) is 2. The Bertz CT molecular complexity index is 305. The van der Waals surface area contributed by atoms with Crippen LogP contribution in [0.2, 0.25) is 0 Å². The Labute approximate surface area is 113 Å². The Balaban J connectivity index is 4.49. The Kier molecular flexibility index (Phi) is 7.44. The van der Waals surface area contributed by atoms with Crippen LogP contribution in [0.4, 0.5) is 0 Å². The smallest absolute Gasteiger partial charge is 0.334 e. The molecule has 0 heterocycles. The van der Waals surface area contributed by atoms with Crippen LogP contribution in [0.15, 0.2) is 23.3 Å². The fourth-order valence-electron chi connectivity index (χ4n) is 1.24. The summed E-state index contributed by atoms with van der Waals surface area (Å²) < 4.78 is 5.36. The zero-order chi connectivity index (χ0) is 13.5. The maximum atomic E-state index is 11.9. The SMILES string of the molecule is CC(C)=CCC/C(=C\CBr)C(=O)OC(C)(C)C. The second-order valence-electron chi connectivity index (χ2n) is 5.21. The first-order chi connectivity index (χ1) is 7.76. The molecule has 3 heteroatoms. The molecule has 0 aliphatic heterocycles. The number of ether oxygens (including phenoxy) is 1. The van der Waals surface area contributed by atoms with Gasteiger partial charge in [0.15, 0.2) is 0 Å². The minimum atomic E-state index is -0.432. The quantitative estimate of drug-likeness (QED) is 0.326. The zero-order valence-corrected chi connectivity index (χ0v) is 13.1. The molecule has 0 aliphatic rings. The van der Waals surface area contributed by atoms with Gasteiger partial charge < -0.3 is 4.74 Å². The first-order valence-electron chi connectivity index (χ1n) is 5.88. The maximum Gasteiger partial charge on any atom is 0.334 e. The van der Waals surface area contributed by atoms with E-state index in [1.165, 1.54) is 5.57 Å². The Hall–Kier alpha value is -0.570. The van der Waals surface area contributed by atoms with Gasteiger partial charge in [0, 0.05) is 10.9 Å². The van der Waals surface area contributed by atoms with Gasteiger partial charge in [-0.2, -0.15) is 0 Å². The van der Waals surface area contributed by atoms with Gasteiger partial charge in [-0.25, -0.2) is 4.79 Å². The number of carbonyl (C=O) groups is 1. The largest absolute Gasteiger partial charge is 0.457 e. The Morgan fingerprint density at radius 1 is 1.24 bits per heavy atom. The highest BCUT2D eigenvalue weighted by atomic mass is 79.9. The summed E-state index contributed by atoms with van der Waals surface area (Å²) in [6.07, 6.45) is 5.62. The van der Waals surface area contributed by atoms with Crippen molar-refractivity contribution >= 4 is 21.9 Å². The lowest BCUT2D eigenvalue weighted by atomic mass is 10.1. The summed E-state index contributed by atoms with van der Waals surface area (Å²) in [6.45, 7) is 9.76. The van der Waals surface area contributed by atoms with Crippen LogP contribution < -0.4 is 0 Å². The summed E-state index contributed by atoms with van der Waals surface area (Å²) in [4.78, 5) is 11.9. The van der Waals surface area contributed by atoms with E-state index in [1.807, 2.05) is 26.8 Å². The van der Waals surface area contributed by atoms with Crippen molar-refractivity contribution in [3.05, 3.63) is 23.3 Å². The van der Waals surface area contributed by atoms with Gasteiger partial charge in [-0.1, -0.05) is 33.7 Å². The third-order valence-corrected chi connectivity index (χ3v) is 2.27. The van der Waals surface area contributed by atoms with Crippen LogP contribution in [0.25, 0.3) is 0 Å². The molecular weight excluding hydrogens is 280 g/mol.